The van der Waals surface area contributed by atoms with Crippen molar-refractivity contribution in [2.45, 2.75) is 154 Å². The summed E-state index contributed by atoms with van der Waals surface area (Å²) in [4.78, 5) is 22.9. The summed E-state index contributed by atoms with van der Waals surface area (Å²) in [6.07, 6.45) is 32.4. The van der Waals surface area contributed by atoms with Gasteiger partial charge in [-0.3, -0.25) is 4.79 Å². The van der Waals surface area contributed by atoms with E-state index in [0.29, 0.717) is 19.4 Å². The van der Waals surface area contributed by atoms with E-state index in [0.717, 1.165) is 12.8 Å². The highest BCUT2D eigenvalue weighted by atomic mass is 16.5. The molecule has 1 heterocycles. The average molecular weight is 464 g/mol. The second-order valence-electron chi connectivity index (χ2n) is 9.89. The van der Waals surface area contributed by atoms with Crippen molar-refractivity contribution in [1.82, 2.24) is 5.32 Å². The van der Waals surface area contributed by atoms with Gasteiger partial charge in [-0.05, 0) is 32.1 Å². The summed E-state index contributed by atoms with van der Waals surface area (Å²) >= 11 is 0. The van der Waals surface area contributed by atoms with E-state index < -0.39 is 6.04 Å². The zero-order valence-corrected chi connectivity index (χ0v) is 21.7. The summed E-state index contributed by atoms with van der Waals surface area (Å²) in [6, 6.07) is -0.407. The zero-order valence-electron chi connectivity index (χ0n) is 21.7. The van der Waals surface area contributed by atoms with Crippen LogP contribution in [0.5, 0.6) is 0 Å². The monoisotopic (exact) mass is 463 g/mol. The fourth-order valence-corrected chi connectivity index (χ4v) is 4.48. The van der Waals surface area contributed by atoms with E-state index in [1.165, 1.54) is 116 Å². The van der Waals surface area contributed by atoms with Gasteiger partial charge >= 0.3 is 5.97 Å². The number of unbranched alkanes of at least 4 members (excludes halogenated alkanes) is 18. The lowest BCUT2D eigenvalue weighted by atomic mass is 10.0. The van der Waals surface area contributed by atoms with Crippen molar-refractivity contribution >= 4 is 11.9 Å². The van der Waals surface area contributed by atoms with Crippen LogP contribution >= 0.6 is 0 Å². The molecule has 1 aliphatic rings. The largest absolute Gasteiger partial charge is 0.464 e. The number of carbonyl (C=O) groups excluding carboxylic acids is 2. The number of hydrogen-bond donors (Lipinski definition) is 1. The molecule has 1 N–H and O–H groups in total. The fourth-order valence-electron chi connectivity index (χ4n) is 4.48. The van der Waals surface area contributed by atoms with Gasteiger partial charge in [0.1, 0.15) is 6.04 Å². The maximum absolute atomic E-state index is 11.8. The molecule has 1 fully saturated rings. The molecular weight excluding hydrogens is 410 g/mol. The maximum atomic E-state index is 11.8. The number of rotatable bonds is 23. The van der Waals surface area contributed by atoms with Crippen LogP contribution in [0.3, 0.4) is 0 Å². The Morgan fingerprint density at radius 3 is 1.67 bits per heavy atom. The summed E-state index contributed by atoms with van der Waals surface area (Å²) in [5.74, 6) is -0.304. The molecule has 1 saturated heterocycles. The average Bonchev–Trinajstić information content (AvgIpc) is 3.26. The molecule has 1 rings (SSSR count). The molecule has 0 aliphatic carbocycles. The first kappa shape index (κ1) is 29.7. The molecule has 0 aromatic carbocycles. The molecule has 0 saturated carbocycles. The van der Waals surface area contributed by atoms with Gasteiger partial charge in [-0.25, -0.2) is 4.79 Å². The second kappa shape index (κ2) is 22.5. The van der Waals surface area contributed by atoms with Gasteiger partial charge in [-0.1, -0.05) is 122 Å². The number of hydrogen-bond acceptors (Lipinski definition) is 3. The molecule has 4 nitrogen and oxygen atoms in total. The number of amides is 1. The lowest BCUT2D eigenvalue weighted by Gasteiger charge is -2.09. The van der Waals surface area contributed by atoms with Crippen LogP contribution in [0.25, 0.3) is 0 Å². The van der Waals surface area contributed by atoms with Crippen LogP contribution in [0.1, 0.15) is 148 Å². The smallest absolute Gasteiger partial charge is 0.328 e. The first-order chi connectivity index (χ1) is 16.2. The minimum Gasteiger partial charge on any atom is -0.464 e. The third kappa shape index (κ3) is 18.8. The molecule has 0 aromatic heterocycles. The van der Waals surface area contributed by atoms with Crippen molar-refractivity contribution in [1.29, 1.82) is 0 Å². The molecule has 0 aromatic rings. The summed E-state index contributed by atoms with van der Waals surface area (Å²) in [5, 5.41) is 2.65. The van der Waals surface area contributed by atoms with Crippen LogP contribution in [0.4, 0.5) is 0 Å². The van der Waals surface area contributed by atoms with Crippen LogP contribution in [-0.4, -0.2) is 24.5 Å². The van der Waals surface area contributed by atoms with Crippen molar-refractivity contribution in [3.8, 4) is 0 Å². The normalized spacial score (nSPS) is 15.9. The second-order valence-corrected chi connectivity index (χ2v) is 9.89. The van der Waals surface area contributed by atoms with Gasteiger partial charge in [0.05, 0.1) is 6.61 Å². The molecule has 192 valence electrons. The quantitative estimate of drug-likeness (QED) is 0.0944. The fraction of sp³-hybridized carbons (Fsp3) is 0.862. The van der Waals surface area contributed by atoms with Gasteiger partial charge in [0, 0.05) is 6.42 Å². The first-order valence-corrected chi connectivity index (χ1v) is 14.3. The number of nitrogens with one attached hydrogen (secondary N) is 1. The van der Waals surface area contributed by atoms with E-state index in [9.17, 15) is 9.59 Å². The molecule has 1 aliphatic heterocycles. The molecule has 0 spiro atoms. The van der Waals surface area contributed by atoms with E-state index in [4.69, 9.17) is 4.74 Å². The third-order valence-corrected chi connectivity index (χ3v) is 6.66. The lowest BCUT2D eigenvalue weighted by Crippen LogP contribution is -2.34. The zero-order chi connectivity index (χ0) is 23.8. The van der Waals surface area contributed by atoms with Gasteiger partial charge in [0.2, 0.25) is 5.91 Å². The molecule has 33 heavy (non-hydrogen) atoms. The Morgan fingerprint density at radius 1 is 0.758 bits per heavy atom. The summed E-state index contributed by atoms with van der Waals surface area (Å²) in [7, 11) is 0. The van der Waals surface area contributed by atoms with E-state index in [1.807, 2.05) is 0 Å². The number of carbonyl (C=O) groups is 2. The van der Waals surface area contributed by atoms with Crippen LogP contribution in [0.2, 0.25) is 0 Å². The molecule has 1 amide bonds. The first-order valence-electron chi connectivity index (χ1n) is 14.3. The van der Waals surface area contributed by atoms with Crippen LogP contribution < -0.4 is 5.32 Å². The Hall–Kier alpha value is -1.32. The van der Waals surface area contributed by atoms with E-state index in [-0.39, 0.29) is 11.9 Å². The van der Waals surface area contributed by atoms with Crippen molar-refractivity contribution in [3.05, 3.63) is 12.2 Å². The number of ether oxygens (including phenoxy) is 1. The summed E-state index contributed by atoms with van der Waals surface area (Å²) in [6.45, 7) is 2.73. The predicted octanol–water partition coefficient (Wildman–Crippen LogP) is 8.19. The standard InChI is InChI=1S/C29H53NO3/c1-2-3-4-5-6-7-8-9-10-11-12-13-14-15-16-17-18-19-20-21-22-23-26-33-29(32)27-24-25-28(31)30-27/h4-5,27H,2-3,6-26H2,1H3,(H,30,31)/b5-4+/t27-/m0/s1. The number of allylic oxidation sites excluding steroid dienone is 2. The van der Waals surface area contributed by atoms with Crippen LogP contribution in [0, 0.1) is 0 Å². The SMILES string of the molecule is CCC/C=C/CCCCCCCCCCCCCCCCCCCOC(=O)[C@@H]1CCC(=O)N1. The van der Waals surface area contributed by atoms with E-state index >= 15 is 0 Å². The Bertz CT molecular complexity index is 503. The molecule has 0 bridgehead atoms. The summed E-state index contributed by atoms with van der Waals surface area (Å²) in [5.41, 5.74) is 0. The molecule has 1 atom stereocenters. The van der Waals surface area contributed by atoms with Crippen LogP contribution in [-0.2, 0) is 14.3 Å². The van der Waals surface area contributed by atoms with Crippen molar-refractivity contribution in [2.75, 3.05) is 6.61 Å². The minimum absolute atomic E-state index is 0.0420. The Balaban J connectivity index is 1.68. The van der Waals surface area contributed by atoms with E-state index in [2.05, 4.69) is 24.4 Å². The van der Waals surface area contributed by atoms with Crippen molar-refractivity contribution in [2.24, 2.45) is 0 Å². The Morgan fingerprint density at radius 2 is 1.21 bits per heavy atom. The van der Waals surface area contributed by atoms with Crippen molar-refractivity contribution < 1.29 is 14.3 Å². The minimum atomic E-state index is -0.407. The van der Waals surface area contributed by atoms with Crippen LogP contribution in [0.15, 0.2) is 12.2 Å². The van der Waals surface area contributed by atoms with Gasteiger partial charge in [0.25, 0.3) is 0 Å². The predicted molar refractivity (Wildman–Crippen MR) is 139 cm³/mol. The van der Waals surface area contributed by atoms with Crippen molar-refractivity contribution in [3.63, 3.8) is 0 Å². The lowest BCUT2D eigenvalue weighted by molar-refractivity contribution is -0.146. The highest BCUT2D eigenvalue weighted by Crippen LogP contribution is 2.15. The Kier molecular flexibility index (Phi) is 20.2. The van der Waals surface area contributed by atoms with Gasteiger partial charge in [-0.15, -0.1) is 0 Å². The maximum Gasteiger partial charge on any atom is 0.328 e. The summed E-state index contributed by atoms with van der Waals surface area (Å²) < 4.78 is 5.26. The van der Waals surface area contributed by atoms with Gasteiger partial charge < -0.3 is 10.1 Å². The van der Waals surface area contributed by atoms with Gasteiger partial charge in [0.15, 0.2) is 0 Å². The third-order valence-electron chi connectivity index (χ3n) is 6.66. The molecular formula is C29H53NO3. The highest BCUT2D eigenvalue weighted by Gasteiger charge is 2.28. The Labute approximate surface area is 204 Å². The molecule has 4 heteroatoms. The number of esters is 1. The highest BCUT2D eigenvalue weighted by molar-refractivity contribution is 5.87. The molecule has 0 radical (unpaired) electrons. The topological polar surface area (TPSA) is 55.4 Å². The van der Waals surface area contributed by atoms with E-state index in [1.54, 1.807) is 0 Å². The van der Waals surface area contributed by atoms with Gasteiger partial charge in [-0.2, -0.15) is 0 Å². The molecule has 0 unspecified atom stereocenters.